The highest BCUT2D eigenvalue weighted by Crippen LogP contribution is 2.39. The van der Waals surface area contributed by atoms with Crippen LogP contribution in [0.1, 0.15) is 37.8 Å². The highest BCUT2D eigenvalue weighted by Gasteiger charge is 2.37. The van der Waals surface area contributed by atoms with Crippen LogP contribution in [0.3, 0.4) is 0 Å². The molecule has 0 amide bonds. The highest BCUT2D eigenvalue weighted by atomic mass is 35.5. The summed E-state index contributed by atoms with van der Waals surface area (Å²) in [5.74, 6) is -1.62. The van der Waals surface area contributed by atoms with E-state index in [4.69, 9.17) is 21.1 Å². The minimum atomic E-state index is -4.30. The lowest BCUT2D eigenvalue weighted by molar-refractivity contribution is -0.149. The number of nitrogens with one attached hydrogen (secondary N) is 1. The van der Waals surface area contributed by atoms with E-state index in [1.165, 1.54) is 19.2 Å². The Bertz CT molecular complexity index is 1320. The van der Waals surface area contributed by atoms with Crippen molar-refractivity contribution < 1.29 is 27.1 Å². The summed E-state index contributed by atoms with van der Waals surface area (Å²) in [6, 6.07) is 5.13. The van der Waals surface area contributed by atoms with Crippen LogP contribution < -0.4 is 9.46 Å². The number of hydrogen-bond donors (Lipinski definition) is 1. The Kier molecular flexibility index (Phi) is 7.22. The van der Waals surface area contributed by atoms with E-state index in [1.54, 1.807) is 17.9 Å². The maximum Gasteiger partial charge on any atom is 0.302 e. The van der Waals surface area contributed by atoms with Crippen molar-refractivity contribution in [2.45, 2.75) is 49.2 Å². The Labute approximate surface area is 206 Å². The number of carbonyl (C=O) groups excluding carboxylic acids is 1. The van der Waals surface area contributed by atoms with Crippen molar-refractivity contribution in [3.63, 3.8) is 0 Å². The number of rotatable bonds is 7. The van der Waals surface area contributed by atoms with Gasteiger partial charge in [-0.2, -0.15) is 5.10 Å². The van der Waals surface area contributed by atoms with Crippen LogP contribution in [0.25, 0.3) is 0 Å². The molecule has 1 aliphatic carbocycles. The molecule has 0 spiro atoms. The van der Waals surface area contributed by atoms with Gasteiger partial charge in [-0.1, -0.05) is 11.6 Å². The Morgan fingerprint density at radius 1 is 1.26 bits per heavy atom. The van der Waals surface area contributed by atoms with Crippen LogP contribution in [0.5, 0.6) is 5.75 Å². The molecule has 1 aliphatic rings. The summed E-state index contributed by atoms with van der Waals surface area (Å²) in [7, 11) is -2.51. The van der Waals surface area contributed by atoms with Crippen molar-refractivity contribution in [3.05, 3.63) is 59.5 Å². The molecular formula is C22H23ClFN5O5S. The van der Waals surface area contributed by atoms with Crippen LogP contribution in [0.2, 0.25) is 5.02 Å². The molecule has 0 aliphatic heterocycles. The molecule has 1 aromatic carbocycles. The van der Waals surface area contributed by atoms with E-state index in [9.17, 15) is 17.6 Å². The predicted molar refractivity (Wildman–Crippen MR) is 124 cm³/mol. The van der Waals surface area contributed by atoms with Gasteiger partial charge in [0.1, 0.15) is 40.8 Å². The van der Waals surface area contributed by atoms with Gasteiger partial charge in [0, 0.05) is 44.0 Å². The second-order valence-corrected chi connectivity index (χ2v) is 10.2. The summed E-state index contributed by atoms with van der Waals surface area (Å²) in [6.45, 7) is 1.36. The molecule has 35 heavy (non-hydrogen) atoms. The lowest BCUT2D eigenvalue weighted by Gasteiger charge is -2.36. The number of aryl methyl sites for hydroxylation is 1. The average molecular weight is 524 g/mol. The number of sulfonamides is 1. The van der Waals surface area contributed by atoms with Crippen LogP contribution in [0.15, 0.2) is 47.9 Å². The number of nitrogens with zero attached hydrogens (tertiary/aromatic N) is 4. The van der Waals surface area contributed by atoms with Crippen LogP contribution in [0.4, 0.5) is 10.2 Å². The number of benzene rings is 1. The summed E-state index contributed by atoms with van der Waals surface area (Å²) >= 11 is 6.33. The second-order valence-electron chi connectivity index (χ2n) is 8.10. The Morgan fingerprint density at radius 3 is 2.71 bits per heavy atom. The van der Waals surface area contributed by atoms with Crippen LogP contribution in [0, 0.1) is 5.82 Å². The monoisotopic (exact) mass is 523 g/mol. The number of hydrogen-bond acceptors (Lipinski definition) is 8. The van der Waals surface area contributed by atoms with E-state index in [0.717, 1.165) is 24.2 Å². The first kappa shape index (κ1) is 24.9. The molecule has 1 N–H and O–H groups in total. The standard InChI is InChI=1S/C22H23ClFN5O5S/c1-13(30)33-14-3-4-19(15(9-14)18-5-8-27-29(18)2)34-20-11-17(24)21(10-16(20)23)35(31,32)28-22-6-7-25-12-26-22/h5-8,10-12,14-15,19H,3-4,9H2,1-2H3,(H,25,26,28). The first-order chi connectivity index (χ1) is 16.6. The molecule has 3 atom stereocenters. The van der Waals surface area contributed by atoms with Gasteiger partial charge in [0.2, 0.25) is 0 Å². The number of anilines is 1. The minimum absolute atomic E-state index is 0.00765. The molecule has 3 aromatic rings. The molecule has 10 nitrogen and oxygen atoms in total. The molecule has 0 bridgehead atoms. The summed E-state index contributed by atoms with van der Waals surface area (Å²) < 4.78 is 55.7. The van der Waals surface area contributed by atoms with Gasteiger partial charge < -0.3 is 9.47 Å². The van der Waals surface area contributed by atoms with Crippen LogP contribution in [-0.2, 0) is 26.6 Å². The molecule has 0 radical (unpaired) electrons. The fourth-order valence-corrected chi connectivity index (χ4v) is 5.53. The zero-order valence-electron chi connectivity index (χ0n) is 18.9. The summed E-state index contributed by atoms with van der Waals surface area (Å²) in [5, 5.41) is 4.14. The third-order valence-corrected chi connectivity index (χ3v) is 7.35. The molecule has 0 saturated heterocycles. The van der Waals surface area contributed by atoms with Crippen molar-refractivity contribution in [1.82, 2.24) is 19.7 Å². The van der Waals surface area contributed by atoms with E-state index in [0.29, 0.717) is 19.3 Å². The highest BCUT2D eigenvalue weighted by molar-refractivity contribution is 7.92. The Morgan fingerprint density at radius 2 is 2.06 bits per heavy atom. The van der Waals surface area contributed by atoms with Gasteiger partial charge in [0.15, 0.2) is 0 Å². The lowest BCUT2D eigenvalue weighted by atomic mass is 9.82. The van der Waals surface area contributed by atoms with Gasteiger partial charge in [-0.05, 0) is 37.5 Å². The summed E-state index contributed by atoms with van der Waals surface area (Å²) in [4.78, 5) is 18.3. The number of ether oxygens (including phenoxy) is 2. The Hall–Kier alpha value is -3.25. The van der Waals surface area contributed by atoms with Gasteiger partial charge >= 0.3 is 5.97 Å². The molecule has 4 rings (SSSR count). The number of esters is 1. The quantitative estimate of drug-likeness (QED) is 0.467. The van der Waals surface area contributed by atoms with Crippen molar-refractivity contribution in [2.75, 3.05) is 4.72 Å². The number of carbonyl (C=O) groups is 1. The third kappa shape index (κ3) is 5.70. The van der Waals surface area contributed by atoms with E-state index in [1.807, 2.05) is 6.07 Å². The number of aromatic nitrogens is 4. The molecule has 1 saturated carbocycles. The zero-order chi connectivity index (χ0) is 25.2. The molecular weight excluding hydrogens is 501 g/mol. The smallest absolute Gasteiger partial charge is 0.302 e. The molecule has 2 heterocycles. The second kappa shape index (κ2) is 10.2. The van der Waals surface area contributed by atoms with E-state index < -0.39 is 26.8 Å². The van der Waals surface area contributed by atoms with Gasteiger partial charge in [-0.3, -0.25) is 14.2 Å². The van der Waals surface area contributed by atoms with E-state index in [2.05, 4.69) is 19.8 Å². The minimum Gasteiger partial charge on any atom is -0.488 e. The molecule has 186 valence electrons. The normalized spacial score (nSPS) is 20.3. The largest absolute Gasteiger partial charge is 0.488 e. The van der Waals surface area contributed by atoms with Gasteiger partial charge in [0.25, 0.3) is 10.0 Å². The van der Waals surface area contributed by atoms with E-state index in [-0.39, 0.29) is 34.6 Å². The maximum absolute atomic E-state index is 15.0. The van der Waals surface area contributed by atoms with Gasteiger partial charge in [0.05, 0.1) is 5.02 Å². The predicted octanol–water partition coefficient (Wildman–Crippen LogP) is 3.45. The lowest BCUT2D eigenvalue weighted by Crippen LogP contribution is -2.37. The number of halogens is 2. The molecule has 3 unspecified atom stereocenters. The first-order valence-electron chi connectivity index (χ1n) is 10.7. The molecule has 1 fully saturated rings. The van der Waals surface area contributed by atoms with Gasteiger partial charge in [-0.15, -0.1) is 0 Å². The van der Waals surface area contributed by atoms with Gasteiger partial charge in [-0.25, -0.2) is 22.8 Å². The van der Waals surface area contributed by atoms with Crippen molar-refractivity contribution in [2.24, 2.45) is 7.05 Å². The molecule has 2 aromatic heterocycles. The van der Waals surface area contributed by atoms with Crippen molar-refractivity contribution in [3.8, 4) is 5.75 Å². The first-order valence-corrected chi connectivity index (χ1v) is 12.6. The van der Waals surface area contributed by atoms with Crippen molar-refractivity contribution >= 4 is 33.4 Å². The molecule has 13 heteroatoms. The Balaban J connectivity index is 1.58. The van der Waals surface area contributed by atoms with Crippen LogP contribution >= 0.6 is 11.6 Å². The fraction of sp³-hybridized carbons (Fsp3) is 0.364. The maximum atomic E-state index is 15.0. The zero-order valence-corrected chi connectivity index (χ0v) is 20.5. The van der Waals surface area contributed by atoms with Crippen molar-refractivity contribution in [1.29, 1.82) is 0 Å². The van der Waals surface area contributed by atoms with Crippen LogP contribution in [-0.4, -0.2) is 46.3 Å². The SMILES string of the molecule is CC(=O)OC1CCC(Oc2cc(F)c(S(=O)(=O)Nc3ccncn3)cc2Cl)C(c2ccnn2C)C1. The summed E-state index contributed by atoms with van der Waals surface area (Å²) in [5.41, 5.74) is 0.858. The summed E-state index contributed by atoms with van der Waals surface area (Å²) in [6.07, 6.45) is 4.97. The average Bonchev–Trinajstić information content (AvgIpc) is 3.22. The van der Waals surface area contributed by atoms with E-state index >= 15 is 0 Å². The fourth-order valence-electron chi connectivity index (χ4n) is 4.16. The topological polar surface area (TPSA) is 125 Å². The third-order valence-electron chi connectivity index (χ3n) is 5.69.